The fourth-order valence-electron chi connectivity index (χ4n) is 6.53. The fraction of sp³-hybridized carbons (Fsp3) is 0. The molecule has 0 unspecified atom stereocenters. The van der Waals surface area contributed by atoms with Crippen molar-refractivity contribution in [2.24, 2.45) is 0 Å². The first kappa shape index (κ1) is 24.3. The average Bonchev–Trinajstić information content (AvgIpc) is 3.07. The van der Waals surface area contributed by atoms with E-state index in [0.29, 0.717) is 0 Å². The van der Waals surface area contributed by atoms with Crippen molar-refractivity contribution in [1.29, 1.82) is 0 Å². The van der Waals surface area contributed by atoms with E-state index in [9.17, 15) is 0 Å². The normalized spacial score (nSPS) is 11.3. The summed E-state index contributed by atoms with van der Waals surface area (Å²) in [4.78, 5) is 0. The van der Waals surface area contributed by atoms with Crippen LogP contribution in [0.3, 0.4) is 0 Å². The predicted octanol–water partition coefficient (Wildman–Crippen LogP) is 11.8. The van der Waals surface area contributed by atoms with Crippen molar-refractivity contribution >= 4 is 32.3 Å². The van der Waals surface area contributed by atoms with Gasteiger partial charge in [-0.05, 0) is 89.0 Å². The lowest BCUT2D eigenvalue weighted by Gasteiger charge is -2.19. The van der Waals surface area contributed by atoms with Crippen molar-refractivity contribution in [1.82, 2.24) is 0 Å². The van der Waals surface area contributed by atoms with E-state index >= 15 is 0 Å². The van der Waals surface area contributed by atoms with Crippen LogP contribution >= 0.6 is 0 Å². The minimum atomic E-state index is 1.23. The van der Waals surface area contributed by atoms with Crippen LogP contribution in [0.5, 0.6) is 0 Å². The molecule has 0 amide bonds. The van der Waals surface area contributed by atoms with E-state index in [1.807, 2.05) is 0 Å². The Morgan fingerprint density at radius 1 is 0.262 bits per heavy atom. The Morgan fingerprint density at radius 2 is 0.786 bits per heavy atom. The molecule has 0 N–H and O–H groups in total. The summed E-state index contributed by atoms with van der Waals surface area (Å²) in [6, 6.07) is 61.8. The van der Waals surface area contributed by atoms with Gasteiger partial charge >= 0.3 is 0 Å². The third-order valence-electron chi connectivity index (χ3n) is 8.45. The summed E-state index contributed by atoms with van der Waals surface area (Å²) in [5, 5.41) is 7.61. The van der Waals surface area contributed by atoms with Crippen LogP contribution in [0.15, 0.2) is 170 Å². The molecule has 0 saturated heterocycles. The number of hydrogen-bond acceptors (Lipinski definition) is 0. The van der Waals surface area contributed by atoms with Gasteiger partial charge in [0.2, 0.25) is 0 Å². The van der Waals surface area contributed by atoms with Gasteiger partial charge in [-0.25, -0.2) is 0 Å². The van der Waals surface area contributed by atoms with Crippen molar-refractivity contribution in [3.05, 3.63) is 170 Å². The Labute approximate surface area is 246 Å². The molecule has 0 radical (unpaired) electrons. The molecule has 196 valence electrons. The second kappa shape index (κ2) is 10.2. The first-order valence-electron chi connectivity index (χ1n) is 14.5. The molecule has 8 aromatic rings. The van der Waals surface area contributed by atoms with E-state index in [1.54, 1.807) is 0 Å². The monoisotopic (exact) mass is 532 g/mol. The van der Waals surface area contributed by atoms with Crippen LogP contribution < -0.4 is 0 Å². The van der Waals surface area contributed by atoms with Gasteiger partial charge in [-0.3, -0.25) is 0 Å². The van der Waals surface area contributed by atoms with E-state index in [-0.39, 0.29) is 0 Å². The number of hydrogen-bond donors (Lipinski definition) is 0. The zero-order chi connectivity index (χ0) is 27.9. The van der Waals surface area contributed by atoms with E-state index in [2.05, 4.69) is 170 Å². The average molecular weight is 533 g/mol. The van der Waals surface area contributed by atoms with Gasteiger partial charge in [0.1, 0.15) is 0 Å². The minimum absolute atomic E-state index is 1.23. The zero-order valence-corrected chi connectivity index (χ0v) is 23.2. The topological polar surface area (TPSA) is 0 Å². The molecule has 0 aliphatic heterocycles. The van der Waals surface area contributed by atoms with Gasteiger partial charge in [0, 0.05) is 0 Å². The van der Waals surface area contributed by atoms with Gasteiger partial charge in [0.05, 0.1) is 0 Å². The van der Waals surface area contributed by atoms with Crippen molar-refractivity contribution < 1.29 is 0 Å². The molecule has 42 heavy (non-hydrogen) atoms. The van der Waals surface area contributed by atoms with Crippen LogP contribution in [0.1, 0.15) is 0 Å². The number of benzene rings is 8. The summed E-state index contributed by atoms with van der Waals surface area (Å²) in [6.07, 6.45) is 0. The molecule has 0 aromatic heterocycles. The SMILES string of the molecule is c1ccc(-c2ccc(-c3ccccc3)c3c(-c4cccc(-c5cccc6ccccc56)c4)c4ccccc4cc23)cc1. The second-order valence-corrected chi connectivity index (χ2v) is 10.9. The summed E-state index contributed by atoms with van der Waals surface area (Å²) in [6.45, 7) is 0. The highest BCUT2D eigenvalue weighted by molar-refractivity contribution is 6.21. The Kier molecular flexibility index (Phi) is 5.90. The zero-order valence-electron chi connectivity index (χ0n) is 23.2. The Hall–Kier alpha value is -5.46. The molecule has 0 nitrogen and oxygen atoms in total. The van der Waals surface area contributed by atoms with Crippen LogP contribution in [-0.2, 0) is 0 Å². The Balaban J connectivity index is 1.49. The lowest BCUT2D eigenvalue weighted by atomic mass is 9.84. The minimum Gasteiger partial charge on any atom is -0.0622 e. The third-order valence-corrected chi connectivity index (χ3v) is 8.45. The molecule has 8 aromatic carbocycles. The largest absolute Gasteiger partial charge is 0.0622 e. The van der Waals surface area contributed by atoms with E-state index < -0.39 is 0 Å². The van der Waals surface area contributed by atoms with Gasteiger partial charge in [0.15, 0.2) is 0 Å². The predicted molar refractivity (Wildman–Crippen MR) is 181 cm³/mol. The molecule has 0 fully saturated rings. The molecule has 0 aliphatic carbocycles. The van der Waals surface area contributed by atoms with Gasteiger partial charge in [-0.1, -0.05) is 158 Å². The molecule has 8 rings (SSSR count). The molecular formula is C42H28. The molecule has 0 heterocycles. The second-order valence-electron chi connectivity index (χ2n) is 10.9. The molecule has 0 saturated carbocycles. The van der Waals surface area contributed by atoms with Crippen LogP contribution in [-0.4, -0.2) is 0 Å². The summed E-state index contributed by atoms with van der Waals surface area (Å²) in [5.41, 5.74) is 9.95. The summed E-state index contributed by atoms with van der Waals surface area (Å²) in [5.74, 6) is 0. The quantitative estimate of drug-likeness (QED) is 0.198. The highest BCUT2D eigenvalue weighted by Crippen LogP contribution is 2.45. The summed E-state index contributed by atoms with van der Waals surface area (Å²) < 4.78 is 0. The van der Waals surface area contributed by atoms with Gasteiger partial charge < -0.3 is 0 Å². The van der Waals surface area contributed by atoms with Gasteiger partial charge in [-0.2, -0.15) is 0 Å². The maximum atomic E-state index is 2.39. The fourth-order valence-corrected chi connectivity index (χ4v) is 6.53. The smallest absolute Gasteiger partial charge is 0.00141 e. The van der Waals surface area contributed by atoms with Crippen molar-refractivity contribution in [2.45, 2.75) is 0 Å². The van der Waals surface area contributed by atoms with Gasteiger partial charge in [-0.15, -0.1) is 0 Å². The Morgan fingerprint density at radius 3 is 1.57 bits per heavy atom. The molecule has 0 aliphatic rings. The molecule has 0 spiro atoms. The van der Waals surface area contributed by atoms with Crippen LogP contribution in [0.25, 0.3) is 76.8 Å². The van der Waals surface area contributed by atoms with Crippen LogP contribution in [0.4, 0.5) is 0 Å². The maximum absolute atomic E-state index is 2.39. The van der Waals surface area contributed by atoms with Crippen molar-refractivity contribution in [2.75, 3.05) is 0 Å². The summed E-state index contributed by atoms with van der Waals surface area (Å²) >= 11 is 0. The standard InChI is InChI=1S/C42H28/c1-3-13-29(14-4-1)37-25-26-39(31-15-5-2-6-16-31)42-40(37)28-33-18-8-10-23-38(33)41(42)34-21-11-20-32(27-34)36-24-12-19-30-17-7-9-22-35(30)36/h1-28H. The van der Waals surface area contributed by atoms with Crippen molar-refractivity contribution in [3.8, 4) is 44.5 Å². The summed E-state index contributed by atoms with van der Waals surface area (Å²) in [7, 11) is 0. The first-order valence-corrected chi connectivity index (χ1v) is 14.5. The molecule has 0 atom stereocenters. The first-order chi connectivity index (χ1) is 20.8. The molecule has 0 bridgehead atoms. The van der Waals surface area contributed by atoms with Crippen LogP contribution in [0, 0.1) is 0 Å². The number of fused-ring (bicyclic) bond motifs is 3. The van der Waals surface area contributed by atoms with E-state index in [1.165, 1.54) is 76.8 Å². The van der Waals surface area contributed by atoms with E-state index in [0.717, 1.165) is 0 Å². The van der Waals surface area contributed by atoms with Gasteiger partial charge in [0.25, 0.3) is 0 Å². The van der Waals surface area contributed by atoms with Crippen LogP contribution in [0.2, 0.25) is 0 Å². The maximum Gasteiger partial charge on any atom is -0.00141 e. The number of rotatable bonds is 4. The molecule has 0 heteroatoms. The lowest BCUT2D eigenvalue weighted by Crippen LogP contribution is -1.92. The van der Waals surface area contributed by atoms with Crippen molar-refractivity contribution in [3.63, 3.8) is 0 Å². The molecular weight excluding hydrogens is 504 g/mol. The highest BCUT2D eigenvalue weighted by atomic mass is 14.2. The van der Waals surface area contributed by atoms with E-state index in [4.69, 9.17) is 0 Å². The third kappa shape index (κ3) is 4.08. The highest BCUT2D eigenvalue weighted by Gasteiger charge is 2.18. The Bertz CT molecular complexity index is 2220. The lowest BCUT2D eigenvalue weighted by molar-refractivity contribution is 1.61.